The summed E-state index contributed by atoms with van der Waals surface area (Å²) in [6.07, 6.45) is 0.00500. The van der Waals surface area contributed by atoms with Gasteiger partial charge < -0.3 is 15.2 Å². The Labute approximate surface area is 126 Å². The maximum absolute atomic E-state index is 11.5. The second-order valence-corrected chi connectivity index (χ2v) is 5.27. The quantitative estimate of drug-likeness (QED) is 0.810. The zero-order valence-corrected chi connectivity index (χ0v) is 12.4. The van der Waals surface area contributed by atoms with E-state index in [2.05, 4.69) is 5.32 Å². The van der Waals surface area contributed by atoms with Crippen LogP contribution in [0, 0.1) is 5.92 Å². The van der Waals surface area contributed by atoms with Crippen LogP contribution in [-0.4, -0.2) is 30.1 Å². The molecule has 0 aliphatic rings. The normalized spacial score (nSPS) is 11.8. The fourth-order valence-corrected chi connectivity index (χ4v) is 1.98. The Kier molecular flexibility index (Phi) is 6.61. The van der Waals surface area contributed by atoms with Gasteiger partial charge in [0.15, 0.2) is 6.61 Å². The van der Waals surface area contributed by atoms with E-state index in [-0.39, 0.29) is 31.4 Å². The minimum absolute atomic E-state index is 0.00500. The summed E-state index contributed by atoms with van der Waals surface area (Å²) in [5.41, 5.74) is 0. The van der Waals surface area contributed by atoms with Crippen LogP contribution in [0.2, 0.25) is 10.0 Å². The van der Waals surface area contributed by atoms with E-state index in [4.69, 9.17) is 33.0 Å². The second kappa shape index (κ2) is 7.97. The lowest BCUT2D eigenvalue weighted by Gasteiger charge is -2.11. The van der Waals surface area contributed by atoms with E-state index in [1.54, 1.807) is 25.1 Å². The number of halogens is 2. The summed E-state index contributed by atoms with van der Waals surface area (Å²) in [5.74, 6) is -0.969. The Bertz CT molecular complexity index is 473. The fraction of sp³-hybridized carbons (Fsp3) is 0.385. The number of aliphatic carboxylic acids is 1. The first-order valence-corrected chi connectivity index (χ1v) is 6.70. The van der Waals surface area contributed by atoms with Gasteiger partial charge in [0.1, 0.15) is 5.75 Å². The number of rotatable bonds is 7. The van der Waals surface area contributed by atoms with Crippen LogP contribution >= 0.6 is 23.2 Å². The minimum atomic E-state index is -0.892. The van der Waals surface area contributed by atoms with Crippen LogP contribution in [0.5, 0.6) is 5.75 Å². The molecule has 5 nitrogen and oxygen atoms in total. The number of carbonyl (C=O) groups is 2. The highest BCUT2D eigenvalue weighted by Gasteiger charge is 2.10. The van der Waals surface area contributed by atoms with Gasteiger partial charge in [0.25, 0.3) is 5.91 Å². The van der Waals surface area contributed by atoms with Gasteiger partial charge in [0.2, 0.25) is 0 Å². The summed E-state index contributed by atoms with van der Waals surface area (Å²) in [5, 5.41) is 12.0. The van der Waals surface area contributed by atoms with E-state index >= 15 is 0 Å². The van der Waals surface area contributed by atoms with Crippen LogP contribution in [0.3, 0.4) is 0 Å². The zero-order chi connectivity index (χ0) is 15.1. The third-order valence-corrected chi connectivity index (χ3v) is 2.81. The number of carbonyl (C=O) groups excluding carboxylic acids is 1. The maximum atomic E-state index is 11.5. The van der Waals surface area contributed by atoms with Gasteiger partial charge in [0, 0.05) is 23.0 Å². The highest BCUT2D eigenvalue weighted by Crippen LogP contribution is 2.23. The van der Waals surface area contributed by atoms with Crippen molar-refractivity contribution in [3.63, 3.8) is 0 Å². The van der Waals surface area contributed by atoms with E-state index in [9.17, 15) is 9.59 Å². The molecular weight excluding hydrogens is 305 g/mol. The maximum Gasteiger partial charge on any atom is 0.303 e. The molecule has 1 aromatic carbocycles. The molecule has 0 saturated heterocycles. The average Bonchev–Trinajstić information content (AvgIpc) is 2.32. The van der Waals surface area contributed by atoms with E-state index in [0.29, 0.717) is 15.8 Å². The molecule has 1 amide bonds. The molecule has 0 radical (unpaired) electrons. The lowest BCUT2D eigenvalue weighted by molar-refractivity contribution is -0.138. The molecule has 110 valence electrons. The summed E-state index contributed by atoms with van der Waals surface area (Å²) in [6, 6.07) is 4.66. The molecule has 0 spiro atoms. The molecule has 2 N–H and O–H groups in total. The van der Waals surface area contributed by atoms with Crippen molar-refractivity contribution in [2.75, 3.05) is 13.2 Å². The third kappa shape index (κ3) is 6.63. The van der Waals surface area contributed by atoms with Gasteiger partial charge >= 0.3 is 5.97 Å². The fourth-order valence-electron chi connectivity index (χ4n) is 1.47. The molecule has 1 aromatic rings. The highest BCUT2D eigenvalue weighted by atomic mass is 35.5. The number of ether oxygens (including phenoxy) is 1. The van der Waals surface area contributed by atoms with Crippen LogP contribution < -0.4 is 10.1 Å². The summed E-state index contributed by atoms with van der Waals surface area (Å²) in [6.45, 7) is 1.84. The molecule has 1 rings (SSSR count). The number of hydrogen-bond acceptors (Lipinski definition) is 3. The van der Waals surface area contributed by atoms with E-state index in [1.807, 2.05) is 0 Å². The molecule has 0 aliphatic carbocycles. The van der Waals surface area contributed by atoms with Crippen LogP contribution in [0.15, 0.2) is 18.2 Å². The zero-order valence-electron chi connectivity index (χ0n) is 10.9. The summed E-state index contributed by atoms with van der Waals surface area (Å²) < 4.78 is 5.25. The molecule has 0 aliphatic heterocycles. The Balaban J connectivity index is 2.34. The summed E-state index contributed by atoms with van der Waals surface area (Å²) >= 11 is 11.6. The topological polar surface area (TPSA) is 75.6 Å². The number of nitrogens with one attached hydrogen (secondary N) is 1. The molecule has 0 bridgehead atoms. The van der Waals surface area contributed by atoms with Crippen molar-refractivity contribution < 1.29 is 19.4 Å². The average molecular weight is 320 g/mol. The largest absolute Gasteiger partial charge is 0.484 e. The van der Waals surface area contributed by atoms with Crippen LogP contribution in [-0.2, 0) is 9.59 Å². The van der Waals surface area contributed by atoms with E-state index in [0.717, 1.165) is 0 Å². The first-order chi connectivity index (χ1) is 9.36. The van der Waals surface area contributed by atoms with Gasteiger partial charge in [-0.2, -0.15) is 0 Å². The lowest BCUT2D eigenvalue weighted by Crippen LogP contribution is -2.33. The Morgan fingerprint density at radius 1 is 1.30 bits per heavy atom. The smallest absolute Gasteiger partial charge is 0.303 e. The van der Waals surface area contributed by atoms with Crippen molar-refractivity contribution in [2.24, 2.45) is 5.92 Å². The van der Waals surface area contributed by atoms with Crippen molar-refractivity contribution in [3.8, 4) is 5.75 Å². The highest BCUT2D eigenvalue weighted by molar-refractivity contribution is 6.34. The van der Waals surface area contributed by atoms with Crippen LogP contribution in [0.25, 0.3) is 0 Å². The van der Waals surface area contributed by atoms with E-state index < -0.39 is 5.97 Å². The van der Waals surface area contributed by atoms with E-state index in [1.165, 1.54) is 0 Å². The van der Waals surface area contributed by atoms with Gasteiger partial charge in [-0.25, -0.2) is 0 Å². The van der Waals surface area contributed by atoms with Crippen molar-refractivity contribution in [1.82, 2.24) is 5.32 Å². The van der Waals surface area contributed by atoms with Gasteiger partial charge in [0.05, 0.1) is 0 Å². The molecule has 1 atom stereocenters. The molecule has 7 heteroatoms. The number of benzene rings is 1. The standard InChI is InChI=1S/C13H15Cl2NO4/c1-8(2-13(18)19)6-16-12(17)7-20-11-4-9(14)3-10(15)5-11/h3-5,8H,2,6-7H2,1H3,(H,16,17)(H,18,19). The van der Waals surface area contributed by atoms with Gasteiger partial charge in [-0.3, -0.25) is 9.59 Å². The SMILES string of the molecule is CC(CNC(=O)COc1cc(Cl)cc(Cl)c1)CC(=O)O. The Morgan fingerprint density at radius 3 is 2.45 bits per heavy atom. The van der Waals surface area contributed by atoms with Gasteiger partial charge in [-0.1, -0.05) is 30.1 Å². The van der Waals surface area contributed by atoms with Gasteiger partial charge in [-0.15, -0.1) is 0 Å². The molecule has 0 aromatic heterocycles. The third-order valence-electron chi connectivity index (χ3n) is 2.38. The second-order valence-electron chi connectivity index (χ2n) is 4.40. The number of carboxylic acids is 1. The van der Waals surface area contributed by atoms with Crippen molar-refractivity contribution in [3.05, 3.63) is 28.2 Å². The summed E-state index contributed by atoms with van der Waals surface area (Å²) in [4.78, 5) is 22.0. The number of amides is 1. The minimum Gasteiger partial charge on any atom is -0.484 e. The van der Waals surface area contributed by atoms with Crippen molar-refractivity contribution in [1.29, 1.82) is 0 Å². The molecule has 20 heavy (non-hydrogen) atoms. The number of hydrogen-bond donors (Lipinski definition) is 2. The predicted octanol–water partition coefficient (Wildman–Crippen LogP) is 2.60. The molecule has 1 unspecified atom stereocenters. The number of carboxylic acid groups (broad SMARTS) is 1. The van der Waals surface area contributed by atoms with Crippen molar-refractivity contribution >= 4 is 35.1 Å². The first kappa shape index (κ1) is 16.6. The molecule has 0 heterocycles. The van der Waals surface area contributed by atoms with Gasteiger partial charge in [-0.05, 0) is 24.1 Å². The molecule has 0 saturated carbocycles. The summed E-state index contributed by atoms with van der Waals surface area (Å²) in [7, 11) is 0. The van der Waals surface area contributed by atoms with Crippen LogP contribution in [0.1, 0.15) is 13.3 Å². The Morgan fingerprint density at radius 2 is 1.90 bits per heavy atom. The lowest BCUT2D eigenvalue weighted by atomic mass is 10.1. The molecular formula is C13H15Cl2NO4. The molecule has 0 fully saturated rings. The van der Waals surface area contributed by atoms with Crippen LogP contribution in [0.4, 0.5) is 0 Å². The van der Waals surface area contributed by atoms with Crippen molar-refractivity contribution in [2.45, 2.75) is 13.3 Å². The predicted molar refractivity (Wildman–Crippen MR) is 76.4 cm³/mol. The monoisotopic (exact) mass is 319 g/mol. The Hall–Kier alpha value is -1.46. The first-order valence-electron chi connectivity index (χ1n) is 5.94.